The number of nitrogens with zero attached hydrogens (tertiary/aromatic N) is 1. The van der Waals surface area contributed by atoms with Crippen LogP contribution in [-0.4, -0.2) is 29.2 Å². The Balaban J connectivity index is 2.50. The summed E-state index contributed by atoms with van der Waals surface area (Å²) in [4.78, 5) is 10.3. The summed E-state index contributed by atoms with van der Waals surface area (Å²) in [7, 11) is 0. The molecule has 0 aliphatic rings. The molecule has 1 aromatic rings. The molecule has 5 nitrogen and oxygen atoms in total. The fourth-order valence-corrected chi connectivity index (χ4v) is 1.43. The maximum absolute atomic E-state index is 10.7. The first-order chi connectivity index (χ1) is 7.61. The molecule has 2 N–H and O–H groups in total. The Morgan fingerprint density at radius 2 is 2.19 bits per heavy atom. The number of nitrogens with one attached hydrogen (secondary N) is 1. The molecule has 1 rings (SSSR count). The number of rotatable bonds is 6. The minimum atomic E-state index is -0.397. The summed E-state index contributed by atoms with van der Waals surface area (Å²) in [5.41, 5.74) is 0.868. The average Bonchev–Trinajstić information content (AvgIpc) is 2.24. The van der Waals surface area contributed by atoms with E-state index in [-0.39, 0.29) is 10.6 Å². The summed E-state index contributed by atoms with van der Waals surface area (Å²) < 4.78 is 0. The first-order valence-electron chi connectivity index (χ1n) is 5.22. The van der Waals surface area contributed by atoms with Gasteiger partial charge in [-0.15, -0.1) is 0 Å². The molecule has 0 spiro atoms. The first-order valence-corrected chi connectivity index (χ1v) is 5.22. The minimum Gasteiger partial charge on any atom is -0.392 e. The molecule has 0 aliphatic heterocycles. The summed E-state index contributed by atoms with van der Waals surface area (Å²) >= 11 is 0. The zero-order valence-electron chi connectivity index (χ0n) is 9.22. The molecule has 0 aliphatic carbocycles. The third kappa shape index (κ3) is 3.96. The first kappa shape index (κ1) is 12.6. The quantitative estimate of drug-likeness (QED) is 0.431. The lowest BCUT2D eigenvalue weighted by Crippen LogP contribution is -2.26. The van der Waals surface area contributed by atoms with Gasteiger partial charge in [0.2, 0.25) is 0 Å². The normalized spacial score (nSPS) is 12.4. The predicted octanol–water partition coefficient (Wildman–Crippen LogP) is 1.11. The standard InChI is InChI=1S/C11H16N2O3/c1-9(14)8-12-7-6-10-4-2-3-5-11(10)13(15)16/h2-5,9,12,14H,6-8H2,1H3. The molecule has 0 saturated heterocycles. The van der Waals surface area contributed by atoms with Crippen molar-refractivity contribution in [1.29, 1.82) is 0 Å². The lowest BCUT2D eigenvalue weighted by Gasteiger charge is -2.06. The maximum Gasteiger partial charge on any atom is 0.272 e. The van der Waals surface area contributed by atoms with E-state index in [1.54, 1.807) is 25.1 Å². The Kier molecular flexibility index (Phi) is 4.88. The Morgan fingerprint density at radius 3 is 2.81 bits per heavy atom. The van der Waals surface area contributed by atoms with E-state index in [0.717, 1.165) is 0 Å². The summed E-state index contributed by atoms with van der Waals surface area (Å²) in [5.74, 6) is 0. The number of nitro benzene ring substituents is 1. The van der Waals surface area contributed by atoms with Crippen molar-refractivity contribution in [2.24, 2.45) is 0 Å². The fourth-order valence-electron chi connectivity index (χ4n) is 1.43. The smallest absolute Gasteiger partial charge is 0.272 e. The van der Waals surface area contributed by atoms with Gasteiger partial charge in [0.25, 0.3) is 5.69 Å². The molecule has 0 bridgehead atoms. The second-order valence-electron chi connectivity index (χ2n) is 3.69. The second kappa shape index (κ2) is 6.19. The van der Waals surface area contributed by atoms with Crippen LogP contribution in [0.4, 0.5) is 5.69 Å². The zero-order chi connectivity index (χ0) is 12.0. The number of aliphatic hydroxyl groups is 1. The summed E-state index contributed by atoms with van der Waals surface area (Å²) in [5, 5.41) is 22.8. The van der Waals surface area contributed by atoms with Crippen LogP contribution in [0.1, 0.15) is 12.5 Å². The molecule has 88 valence electrons. The van der Waals surface area contributed by atoms with Gasteiger partial charge in [0, 0.05) is 18.2 Å². The van der Waals surface area contributed by atoms with Crippen molar-refractivity contribution in [3.8, 4) is 0 Å². The molecule has 1 unspecified atom stereocenters. The van der Waals surface area contributed by atoms with Gasteiger partial charge in [-0.05, 0) is 19.9 Å². The van der Waals surface area contributed by atoms with Crippen molar-refractivity contribution in [2.45, 2.75) is 19.4 Å². The number of benzene rings is 1. The molecule has 5 heteroatoms. The van der Waals surface area contributed by atoms with E-state index in [2.05, 4.69) is 5.32 Å². The average molecular weight is 224 g/mol. The van der Waals surface area contributed by atoms with Crippen molar-refractivity contribution in [3.63, 3.8) is 0 Å². The Hall–Kier alpha value is -1.46. The van der Waals surface area contributed by atoms with Gasteiger partial charge in [-0.25, -0.2) is 0 Å². The van der Waals surface area contributed by atoms with Gasteiger partial charge in [-0.2, -0.15) is 0 Å². The number of para-hydroxylation sites is 1. The number of aliphatic hydroxyl groups excluding tert-OH is 1. The van der Waals surface area contributed by atoms with Gasteiger partial charge >= 0.3 is 0 Å². The second-order valence-corrected chi connectivity index (χ2v) is 3.69. The predicted molar refractivity (Wildman–Crippen MR) is 61.4 cm³/mol. The van der Waals surface area contributed by atoms with E-state index < -0.39 is 6.10 Å². The Labute approximate surface area is 94.3 Å². The molecular formula is C11H16N2O3. The molecule has 0 saturated carbocycles. The summed E-state index contributed by atoms with van der Waals surface area (Å²) in [6.45, 7) is 2.81. The van der Waals surface area contributed by atoms with Crippen molar-refractivity contribution in [3.05, 3.63) is 39.9 Å². The van der Waals surface area contributed by atoms with Crippen LogP contribution in [0.2, 0.25) is 0 Å². The third-order valence-corrected chi connectivity index (χ3v) is 2.20. The van der Waals surface area contributed by atoms with E-state index in [4.69, 9.17) is 5.11 Å². The number of hydrogen-bond donors (Lipinski definition) is 2. The molecule has 0 fully saturated rings. The molecule has 0 amide bonds. The van der Waals surface area contributed by atoms with Crippen molar-refractivity contribution in [1.82, 2.24) is 5.32 Å². The van der Waals surface area contributed by atoms with Gasteiger partial charge in [0.15, 0.2) is 0 Å². The molecule has 1 atom stereocenters. The van der Waals surface area contributed by atoms with Gasteiger partial charge in [0.05, 0.1) is 11.0 Å². The molecule has 1 aromatic carbocycles. The van der Waals surface area contributed by atoms with Crippen molar-refractivity contribution >= 4 is 5.69 Å². The monoisotopic (exact) mass is 224 g/mol. The highest BCUT2D eigenvalue weighted by Crippen LogP contribution is 2.17. The van der Waals surface area contributed by atoms with E-state index in [9.17, 15) is 10.1 Å². The van der Waals surface area contributed by atoms with Gasteiger partial charge in [-0.3, -0.25) is 10.1 Å². The van der Waals surface area contributed by atoms with Gasteiger partial charge in [-0.1, -0.05) is 18.2 Å². The fraction of sp³-hybridized carbons (Fsp3) is 0.455. The van der Waals surface area contributed by atoms with Crippen LogP contribution in [0.3, 0.4) is 0 Å². The highest BCUT2D eigenvalue weighted by molar-refractivity contribution is 5.39. The number of hydrogen-bond acceptors (Lipinski definition) is 4. The SMILES string of the molecule is CC(O)CNCCc1ccccc1[N+](=O)[O-]. The Morgan fingerprint density at radius 1 is 1.50 bits per heavy atom. The van der Waals surface area contributed by atoms with E-state index in [0.29, 0.717) is 25.1 Å². The van der Waals surface area contributed by atoms with Crippen LogP contribution < -0.4 is 5.32 Å². The van der Waals surface area contributed by atoms with Crippen LogP contribution in [-0.2, 0) is 6.42 Å². The van der Waals surface area contributed by atoms with Gasteiger partial charge < -0.3 is 10.4 Å². The summed E-state index contributed by atoms with van der Waals surface area (Å²) in [6, 6.07) is 6.70. The van der Waals surface area contributed by atoms with E-state index in [1.165, 1.54) is 6.07 Å². The van der Waals surface area contributed by atoms with Crippen LogP contribution in [0, 0.1) is 10.1 Å². The summed E-state index contributed by atoms with van der Waals surface area (Å²) in [6.07, 6.45) is 0.190. The topological polar surface area (TPSA) is 75.4 Å². The maximum atomic E-state index is 10.7. The molecule has 16 heavy (non-hydrogen) atoms. The van der Waals surface area contributed by atoms with Crippen LogP contribution in [0.5, 0.6) is 0 Å². The molecule has 0 aromatic heterocycles. The third-order valence-electron chi connectivity index (χ3n) is 2.20. The lowest BCUT2D eigenvalue weighted by atomic mass is 10.1. The van der Waals surface area contributed by atoms with Crippen molar-refractivity contribution in [2.75, 3.05) is 13.1 Å². The van der Waals surface area contributed by atoms with E-state index >= 15 is 0 Å². The molecular weight excluding hydrogens is 208 g/mol. The zero-order valence-corrected chi connectivity index (χ0v) is 9.22. The molecule has 0 radical (unpaired) electrons. The lowest BCUT2D eigenvalue weighted by molar-refractivity contribution is -0.385. The Bertz CT molecular complexity index is 353. The van der Waals surface area contributed by atoms with Crippen LogP contribution in [0.15, 0.2) is 24.3 Å². The van der Waals surface area contributed by atoms with Crippen LogP contribution in [0.25, 0.3) is 0 Å². The highest BCUT2D eigenvalue weighted by Gasteiger charge is 2.11. The van der Waals surface area contributed by atoms with Gasteiger partial charge in [0.1, 0.15) is 0 Å². The highest BCUT2D eigenvalue weighted by atomic mass is 16.6. The largest absolute Gasteiger partial charge is 0.392 e. The minimum absolute atomic E-state index is 0.154. The van der Waals surface area contributed by atoms with Crippen LogP contribution >= 0.6 is 0 Å². The van der Waals surface area contributed by atoms with E-state index in [1.807, 2.05) is 0 Å². The molecule has 0 heterocycles. The number of nitro groups is 1. The van der Waals surface area contributed by atoms with Crippen molar-refractivity contribution < 1.29 is 10.0 Å².